The molecule has 1 heterocycles. The summed E-state index contributed by atoms with van der Waals surface area (Å²) in [6.07, 6.45) is 2.59. The summed E-state index contributed by atoms with van der Waals surface area (Å²) in [5, 5.41) is 3.28. The molecule has 0 aliphatic carbocycles. The first-order valence-corrected chi connectivity index (χ1v) is 6.74. The summed E-state index contributed by atoms with van der Waals surface area (Å²) >= 11 is 0. The van der Waals surface area contributed by atoms with Crippen molar-refractivity contribution in [3.05, 3.63) is 35.5 Å². The summed E-state index contributed by atoms with van der Waals surface area (Å²) in [7, 11) is 3.24. The van der Waals surface area contributed by atoms with E-state index in [-0.39, 0.29) is 5.95 Å². The molecule has 0 unspecified atom stereocenters. The van der Waals surface area contributed by atoms with E-state index in [1.165, 1.54) is 0 Å². The number of hydrogen-bond donors (Lipinski definition) is 2. The van der Waals surface area contributed by atoms with Gasteiger partial charge in [-0.25, -0.2) is 4.98 Å². The van der Waals surface area contributed by atoms with E-state index in [0.29, 0.717) is 18.0 Å². The highest BCUT2D eigenvalue weighted by Crippen LogP contribution is 2.28. The molecule has 0 spiro atoms. The zero-order valence-electron chi connectivity index (χ0n) is 12.5. The highest BCUT2D eigenvalue weighted by molar-refractivity contribution is 5.48. The molecule has 0 atom stereocenters. The van der Waals surface area contributed by atoms with Crippen LogP contribution in [0.25, 0.3) is 0 Å². The van der Waals surface area contributed by atoms with E-state index in [0.717, 1.165) is 23.4 Å². The number of methoxy groups -OCH3 is 2. The molecule has 6 nitrogen and oxygen atoms in total. The fourth-order valence-electron chi connectivity index (χ4n) is 2.01. The predicted molar refractivity (Wildman–Crippen MR) is 82.7 cm³/mol. The van der Waals surface area contributed by atoms with Gasteiger partial charge in [-0.2, -0.15) is 4.98 Å². The summed E-state index contributed by atoms with van der Waals surface area (Å²) in [5.41, 5.74) is 7.73. The lowest BCUT2D eigenvalue weighted by Gasteiger charge is -2.12. The predicted octanol–water partition coefficient (Wildman–Crippen LogP) is 2.25. The summed E-state index contributed by atoms with van der Waals surface area (Å²) in [5.74, 6) is 2.44. The molecular formula is C15H20N4O2. The normalized spacial score (nSPS) is 10.2. The first-order chi connectivity index (χ1) is 10.2. The van der Waals surface area contributed by atoms with Gasteiger partial charge in [-0.05, 0) is 24.1 Å². The van der Waals surface area contributed by atoms with Crippen LogP contribution in [-0.2, 0) is 13.0 Å². The van der Waals surface area contributed by atoms with Crippen LogP contribution < -0.4 is 20.5 Å². The van der Waals surface area contributed by atoms with Gasteiger partial charge in [-0.15, -0.1) is 0 Å². The van der Waals surface area contributed by atoms with Crippen LogP contribution in [0.15, 0.2) is 24.4 Å². The Morgan fingerprint density at radius 3 is 2.62 bits per heavy atom. The van der Waals surface area contributed by atoms with Crippen LogP contribution >= 0.6 is 0 Å². The van der Waals surface area contributed by atoms with Crippen molar-refractivity contribution in [1.29, 1.82) is 0 Å². The third kappa shape index (κ3) is 3.53. The van der Waals surface area contributed by atoms with Crippen LogP contribution in [0.3, 0.4) is 0 Å². The Labute approximate surface area is 124 Å². The SMILES string of the molecule is CCc1cnc(N)nc1NCc1ccc(OC)c(OC)c1. The minimum atomic E-state index is 0.266. The second-order valence-electron chi connectivity index (χ2n) is 4.50. The van der Waals surface area contributed by atoms with E-state index in [2.05, 4.69) is 22.2 Å². The van der Waals surface area contributed by atoms with E-state index in [1.807, 2.05) is 18.2 Å². The van der Waals surface area contributed by atoms with Gasteiger partial charge < -0.3 is 20.5 Å². The molecule has 0 fully saturated rings. The fourth-order valence-corrected chi connectivity index (χ4v) is 2.01. The van der Waals surface area contributed by atoms with Crippen molar-refractivity contribution in [1.82, 2.24) is 9.97 Å². The molecule has 1 aromatic heterocycles. The monoisotopic (exact) mass is 288 g/mol. The van der Waals surface area contributed by atoms with Crippen LogP contribution in [0.2, 0.25) is 0 Å². The first kappa shape index (κ1) is 14.9. The Balaban J connectivity index is 2.14. The molecule has 0 bridgehead atoms. The van der Waals surface area contributed by atoms with E-state index in [4.69, 9.17) is 15.2 Å². The maximum Gasteiger partial charge on any atom is 0.221 e. The molecule has 1 aromatic carbocycles. The lowest BCUT2D eigenvalue weighted by molar-refractivity contribution is 0.354. The Bertz CT molecular complexity index is 617. The van der Waals surface area contributed by atoms with E-state index >= 15 is 0 Å². The number of hydrogen-bond acceptors (Lipinski definition) is 6. The Morgan fingerprint density at radius 2 is 1.95 bits per heavy atom. The van der Waals surface area contributed by atoms with Crippen molar-refractivity contribution in [3.63, 3.8) is 0 Å². The van der Waals surface area contributed by atoms with Gasteiger partial charge in [-0.3, -0.25) is 0 Å². The maximum absolute atomic E-state index is 5.64. The molecule has 0 radical (unpaired) electrons. The van der Waals surface area contributed by atoms with E-state index in [9.17, 15) is 0 Å². The van der Waals surface area contributed by atoms with Crippen LogP contribution in [0, 0.1) is 0 Å². The lowest BCUT2D eigenvalue weighted by atomic mass is 10.2. The van der Waals surface area contributed by atoms with Gasteiger partial charge in [0.2, 0.25) is 5.95 Å². The van der Waals surface area contributed by atoms with Crippen LogP contribution in [-0.4, -0.2) is 24.2 Å². The standard InChI is InChI=1S/C15H20N4O2/c1-4-11-9-18-15(16)19-14(11)17-8-10-5-6-12(20-2)13(7-10)21-3/h5-7,9H,4,8H2,1-3H3,(H3,16,17,18,19). The van der Waals surface area contributed by atoms with Crippen LogP contribution in [0.5, 0.6) is 11.5 Å². The number of nitrogens with two attached hydrogens (primary N) is 1. The molecule has 2 rings (SSSR count). The highest BCUT2D eigenvalue weighted by Gasteiger charge is 2.07. The van der Waals surface area contributed by atoms with Gasteiger partial charge in [0.25, 0.3) is 0 Å². The number of anilines is 2. The third-order valence-electron chi connectivity index (χ3n) is 3.17. The number of rotatable bonds is 6. The van der Waals surface area contributed by atoms with Crippen molar-refractivity contribution >= 4 is 11.8 Å². The van der Waals surface area contributed by atoms with Crippen molar-refractivity contribution < 1.29 is 9.47 Å². The summed E-state index contributed by atoms with van der Waals surface area (Å²) < 4.78 is 10.5. The number of ether oxygens (including phenoxy) is 2. The summed E-state index contributed by atoms with van der Waals surface area (Å²) in [6, 6.07) is 5.79. The minimum Gasteiger partial charge on any atom is -0.493 e. The first-order valence-electron chi connectivity index (χ1n) is 6.74. The van der Waals surface area contributed by atoms with Gasteiger partial charge in [0, 0.05) is 18.3 Å². The smallest absolute Gasteiger partial charge is 0.221 e. The number of nitrogens with one attached hydrogen (secondary N) is 1. The third-order valence-corrected chi connectivity index (χ3v) is 3.17. The van der Waals surface area contributed by atoms with Gasteiger partial charge in [0.1, 0.15) is 5.82 Å². The van der Waals surface area contributed by atoms with Crippen molar-refractivity contribution in [2.45, 2.75) is 19.9 Å². The lowest BCUT2D eigenvalue weighted by Crippen LogP contribution is -2.07. The minimum absolute atomic E-state index is 0.266. The molecule has 0 aliphatic heterocycles. The van der Waals surface area contributed by atoms with E-state index < -0.39 is 0 Å². The quantitative estimate of drug-likeness (QED) is 0.848. The molecule has 21 heavy (non-hydrogen) atoms. The van der Waals surface area contributed by atoms with Crippen molar-refractivity contribution in [3.8, 4) is 11.5 Å². The molecule has 0 amide bonds. The van der Waals surface area contributed by atoms with Crippen molar-refractivity contribution in [2.24, 2.45) is 0 Å². The molecule has 0 saturated heterocycles. The van der Waals surface area contributed by atoms with E-state index in [1.54, 1.807) is 20.4 Å². The second-order valence-corrected chi connectivity index (χ2v) is 4.50. The number of benzene rings is 1. The molecule has 0 saturated carbocycles. The maximum atomic E-state index is 5.64. The molecular weight excluding hydrogens is 268 g/mol. The average molecular weight is 288 g/mol. The number of aromatic nitrogens is 2. The highest BCUT2D eigenvalue weighted by atomic mass is 16.5. The number of nitrogens with zero attached hydrogens (tertiary/aromatic N) is 2. The molecule has 2 aromatic rings. The Hall–Kier alpha value is -2.50. The number of nitrogen functional groups attached to an aromatic ring is 1. The molecule has 6 heteroatoms. The average Bonchev–Trinajstić information content (AvgIpc) is 2.52. The zero-order chi connectivity index (χ0) is 15.2. The Morgan fingerprint density at radius 1 is 1.19 bits per heavy atom. The topological polar surface area (TPSA) is 82.3 Å². The molecule has 112 valence electrons. The summed E-state index contributed by atoms with van der Waals surface area (Å²) in [4.78, 5) is 8.24. The molecule has 0 aliphatic rings. The van der Waals surface area contributed by atoms with Gasteiger partial charge in [0.05, 0.1) is 14.2 Å². The van der Waals surface area contributed by atoms with Crippen LogP contribution in [0.1, 0.15) is 18.1 Å². The molecule has 3 N–H and O–H groups in total. The second kappa shape index (κ2) is 6.78. The zero-order valence-corrected chi connectivity index (χ0v) is 12.5. The van der Waals surface area contributed by atoms with Crippen LogP contribution in [0.4, 0.5) is 11.8 Å². The fraction of sp³-hybridized carbons (Fsp3) is 0.333. The van der Waals surface area contributed by atoms with Crippen molar-refractivity contribution in [2.75, 3.05) is 25.3 Å². The van der Waals surface area contributed by atoms with Gasteiger partial charge >= 0.3 is 0 Å². The summed E-state index contributed by atoms with van der Waals surface area (Å²) in [6.45, 7) is 2.67. The van der Waals surface area contributed by atoms with Gasteiger partial charge in [-0.1, -0.05) is 13.0 Å². The number of aryl methyl sites for hydroxylation is 1. The Kier molecular flexibility index (Phi) is 4.81. The largest absolute Gasteiger partial charge is 0.493 e. The van der Waals surface area contributed by atoms with Gasteiger partial charge in [0.15, 0.2) is 11.5 Å².